The van der Waals surface area contributed by atoms with E-state index in [1.165, 1.54) is 25.1 Å². The van der Waals surface area contributed by atoms with Crippen molar-refractivity contribution >= 4 is 27.6 Å². The summed E-state index contributed by atoms with van der Waals surface area (Å²) >= 11 is 0. The van der Waals surface area contributed by atoms with Crippen molar-refractivity contribution in [2.75, 3.05) is 10.5 Å². The number of nitrogens with one attached hydrogen (secondary N) is 1. The molecule has 8 heteroatoms. The van der Waals surface area contributed by atoms with E-state index in [2.05, 4.69) is 4.72 Å². The van der Waals surface area contributed by atoms with Gasteiger partial charge in [0, 0.05) is 0 Å². The Kier molecular flexibility index (Phi) is 3.92. The van der Waals surface area contributed by atoms with Gasteiger partial charge in [-0.1, -0.05) is 0 Å². The van der Waals surface area contributed by atoms with E-state index in [0.717, 1.165) is 0 Å². The average Bonchev–Trinajstić information content (AvgIpc) is 2.18. The molecule has 0 spiro atoms. The van der Waals surface area contributed by atoms with Gasteiger partial charge in [0.15, 0.2) is 5.75 Å². The lowest BCUT2D eigenvalue weighted by Crippen LogP contribution is -2.22. The molecule has 0 radical (unpaired) electrons. The van der Waals surface area contributed by atoms with Gasteiger partial charge < -0.3 is 10.2 Å². The molecule has 0 aliphatic rings. The Labute approximate surface area is 103 Å². The lowest BCUT2D eigenvalue weighted by atomic mass is 10.1. The Morgan fingerprint density at radius 2 is 1.89 bits per heavy atom. The second kappa shape index (κ2) is 5.05. The molecular formula is C10H11NO6S. The second-order valence-electron chi connectivity index (χ2n) is 3.59. The number of aliphatic carboxylic acids is 1. The van der Waals surface area contributed by atoms with Gasteiger partial charge in [-0.25, -0.2) is 13.2 Å². The number of carboxylic acids is 2. The number of benzene rings is 1. The predicted molar refractivity (Wildman–Crippen MR) is 63.2 cm³/mol. The van der Waals surface area contributed by atoms with Crippen LogP contribution in [-0.4, -0.2) is 36.3 Å². The highest BCUT2D eigenvalue weighted by atomic mass is 32.2. The first kappa shape index (κ1) is 14.0. The monoisotopic (exact) mass is 273 g/mol. The zero-order chi connectivity index (χ0) is 13.9. The molecule has 0 atom stereocenters. The molecule has 0 heterocycles. The molecule has 18 heavy (non-hydrogen) atoms. The molecule has 1 aromatic carbocycles. The third kappa shape index (κ3) is 3.74. The zero-order valence-electron chi connectivity index (χ0n) is 9.37. The van der Waals surface area contributed by atoms with Crippen LogP contribution in [-0.2, 0) is 14.8 Å². The Bertz CT molecular complexity index is 592. The summed E-state index contributed by atoms with van der Waals surface area (Å²) in [7, 11) is -3.99. The summed E-state index contributed by atoms with van der Waals surface area (Å²) in [6.45, 7) is 1.52. The van der Waals surface area contributed by atoms with E-state index in [0.29, 0.717) is 5.56 Å². The van der Waals surface area contributed by atoms with Crippen molar-refractivity contribution < 1.29 is 28.2 Å². The van der Waals surface area contributed by atoms with Crippen molar-refractivity contribution in [2.24, 2.45) is 0 Å². The topological polar surface area (TPSA) is 121 Å². The van der Waals surface area contributed by atoms with Crippen molar-refractivity contribution in [3.8, 4) is 0 Å². The fourth-order valence-corrected chi connectivity index (χ4v) is 2.24. The summed E-state index contributed by atoms with van der Waals surface area (Å²) in [6.07, 6.45) is 0. The van der Waals surface area contributed by atoms with E-state index < -0.39 is 27.7 Å². The highest BCUT2D eigenvalue weighted by Crippen LogP contribution is 2.18. The first-order chi connectivity index (χ1) is 8.21. The van der Waals surface area contributed by atoms with Crippen LogP contribution in [0.4, 0.5) is 5.69 Å². The van der Waals surface area contributed by atoms with Crippen LogP contribution in [0.1, 0.15) is 15.9 Å². The van der Waals surface area contributed by atoms with E-state index in [-0.39, 0.29) is 11.3 Å². The van der Waals surface area contributed by atoms with E-state index in [1.807, 2.05) is 0 Å². The lowest BCUT2D eigenvalue weighted by molar-refractivity contribution is -0.134. The smallest absolute Gasteiger partial charge is 0.335 e. The third-order valence-electron chi connectivity index (χ3n) is 2.05. The van der Waals surface area contributed by atoms with Crippen LogP contribution in [0.15, 0.2) is 18.2 Å². The fraction of sp³-hybridized carbons (Fsp3) is 0.200. The molecule has 0 fully saturated rings. The molecule has 7 nitrogen and oxygen atoms in total. The molecule has 0 aliphatic heterocycles. The minimum Gasteiger partial charge on any atom is -0.480 e. The largest absolute Gasteiger partial charge is 0.480 e. The van der Waals surface area contributed by atoms with Gasteiger partial charge in [-0.05, 0) is 30.7 Å². The van der Waals surface area contributed by atoms with Crippen LogP contribution < -0.4 is 4.72 Å². The van der Waals surface area contributed by atoms with Crippen LogP contribution >= 0.6 is 0 Å². The van der Waals surface area contributed by atoms with E-state index in [1.54, 1.807) is 0 Å². The third-order valence-corrected chi connectivity index (χ3v) is 3.21. The van der Waals surface area contributed by atoms with Gasteiger partial charge >= 0.3 is 11.9 Å². The zero-order valence-corrected chi connectivity index (χ0v) is 10.2. The second-order valence-corrected chi connectivity index (χ2v) is 5.31. The number of anilines is 1. The minimum atomic E-state index is -3.99. The molecule has 0 saturated heterocycles. The number of hydrogen-bond acceptors (Lipinski definition) is 4. The molecule has 0 aliphatic carbocycles. The maximum absolute atomic E-state index is 11.4. The number of aryl methyl sites for hydroxylation is 1. The molecule has 1 rings (SSSR count). The van der Waals surface area contributed by atoms with Crippen molar-refractivity contribution in [3.05, 3.63) is 29.3 Å². The van der Waals surface area contributed by atoms with Crippen LogP contribution in [0.3, 0.4) is 0 Å². The van der Waals surface area contributed by atoms with Gasteiger partial charge in [-0.3, -0.25) is 9.52 Å². The SMILES string of the molecule is Cc1cc(C(=O)O)ccc1NS(=O)(=O)CC(=O)O. The summed E-state index contributed by atoms with van der Waals surface area (Å²) < 4.78 is 24.8. The van der Waals surface area contributed by atoms with Crippen LogP contribution in [0.2, 0.25) is 0 Å². The van der Waals surface area contributed by atoms with Crippen molar-refractivity contribution in [1.29, 1.82) is 0 Å². The maximum Gasteiger partial charge on any atom is 0.335 e. The van der Waals surface area contributed by atoms with E-state index >= 15 is 0 Å². The molecule has 0 aromatic heterocycles. The number of rotatable bonds is 5. The first-order valence-electron chi connectivity index (χ1n) is 4.77. The number of hydrogen-bond donors (Lipinski definition) is 3. The van der Waals surface area contributed by atoms with Gasteiger partial charge in [-0.15, -0.1) is 0 Å². The molecule has 0 bridgehead atoms. The van der Waals surface area contributed by atoms with E-state index in [4.69, 9.17) is 10.2 Å². The van der Waals surface area contributed by atoms with Crippen LogP contribution in [0.5, 0.6) is 0 Å². The summed E-state index contributed by atoms with van der Waals surface area (Å²) in [6, 6.07) is 3.80. The fourth-order valence-electron chi connectivity index (χ4n) is 1.28. The summed E-state index contributed by atoms with van der Waals surface area (Å²) in [5.41, 5.74) is 0.568. The van der Waals surface area contributed by atoms with Crippen molar-refractivity contribution in [1.82, 2.24) is 0 Å². The van der Waals surface area contributed by atoms with Gasteiger partial charge in [0.2, 0.25) is 10.0 Å². The molecule has 0 amide bonds. The molecule has 0 saturated carbocycles. The Hall–Kier alpha value is -2.09. The predicted octanol–water partition coefficient (Wildman–Crippen LogP) is 0.520. The first-order valence-corrected chi connectivity index (χ1v) is 6.43. The van der Waals surface area contributed by atoms with Gasteiger partial charge in [-0.2, -0.15) is 0 Å². The Balaban J connectivity index is 2.99. The normalized spacial score (nSPS) is 10.9. The summed E-state index contributed by atoms with van der Waals surface area (Å²) in [5, 5.41) is 17.2. The minimum absolute atomic E-state index is 0.0219. The van der Waals surface area contributed by atoms with Gasteiger partial charge in [0.25, 0.3) is 0 Å². The van der Waals surface area contributed by atoms with Crippen LogP contribution in [0, 0.1) is 6.92 Å². The van der Waals surface area contributed by atoms with Crippen LogP contribution in [0.25, 0.3) is 0 Å². The molecule has 1 aromatic rings. The Morgan fingerprint density at radius 3 is 2.33 bits per heavy atom. The lowest BCUT2D eigenvalue weighted by Gasteiger charge is -2.09. The molecule has 3 N–H and O–H groups in total. The average molecular weight is 273 g/mol. The number of sulfonamides is 1. The van der Waals surface area contributed by atoms with Crippen molar-refractivity contribution in [2.45, 2.75) is 6.92 Å². The number of aromatic carboxylic acids is 1. The number of carboxylic acid groups (broad SMARTS) is 2. The van der Waals surface area contributed by atoms with E-state index in [9.17, 15) is 18.0 Å². The highest BCUT2D eigenvalue weighted by Gasteiger charge is 2.17. The summed E-state index contributed by atoms with van der Waals surface area (Å²) in [5.74, 6) is -3.65. The molecule has 98 valence electrons. The molecule has 0 unspecified atom stereocenters. The van der Waals surface area contributed by atoms with Gasteiger partial charge in [0.05, 0.1) is 11.3 Å². The van der Waals surface area contributed by atoms with Gasteiger partial charge in [0.1, 0.15) is 0 Å². The quantitative estimate of drug-likeness (QED) is 0.719. The maximum atomic E-state index is 11.4. The molecular weight excluding hydrogens is 262 g/mol. The highest BCUT2D eigenvalue weighted by molar-refractivity contribution is 7.93. The summed E-state index contributed by atoms with van der Waals surface area (Å²) in [4.78, 5) is 21.0. The number of carbonyl (C=O) groups is 2. The standard InChI is InChI=1S/C10H11NO6S/c1-6-4-7(10(14)15)2-3-8(6)11-18(16,17)5-9(12)13/h2-4,11H,5H2,1H3,(H,12,13)(H,14,15). The van der Waals surface area contributed by atoms with Crippen molar-refractivity contribution in [3.63, 3.8) is 0 Å². The Morgan fingerprint density at radius 1 is 1.28 bits per heavy atom.